The summed E-state index contributed by atoms with van der Waals surface area (Å²) in [6, 6.07) is 6.26. The van der Waals surface area contributed by atoms with Gasteiger partial charge in [-0.1, -0.05) is 23.8 Å². The molecule has 1 fully saturated rings. The second-order valence-electron chi connectivity index (χ2n) is 6.09. The van der Waals surface area contributed by atoms with Gasteiger partial charge in [0.05, 0.1) is 12.2 Å². The first kappa shape index (κ1) is 15.5. The van der Waals surface area contributed by atoms with Gasteiger partial charge in [-0.25, -0.2) is 0 Å². The van der Waals surface area contributed by atoms with Crippen LogP contribution in [0.25, 0.3) is 0 Å². The lowest BCUT2D eigenvalue weighted by molar-refractivity contribution is -0.00798. The quantitative estimate of drug-likeness (QED) is 0.898. The number of aliphatic hydroxyl groups is 1. The smallest absolute Gasteiger partial charge is 0.0919 e. The lowest BCUT2D eigenvalue weighted by Crippen LogP contribution is -2.35. The van der Waals surface area contributed by atoms with Crippen LogP contribution in [0.1, 0.15) is 42.1 Å². The number of nitrogens with zero attached hydrogens (tertiary/aromatic N) is 1. The number of hydrogen-bond acceptors (Lipinski definition) is 3. The number of ether oxygens (including phenoxy) is 1. The van der Waals surface area contributed by atoms with E-state index in [9.17, 15) is 5.11 Å². The molecule has 3 nitrogen and oxygen atoms in total. The van der Waals surface area contributed by atoms with Crippen LogP contribution < -0.4 is 0 Å². The molecule has 1 aliphatic rings. The Bertz CT molecular complexity index is 427. The van der Waals surface area contributed by atoms with Gasteiger partial charge < -0.3 is 14.7 Å². The van der Waals surface area contributed by atoms with Gasteiger partial charge in [0.1, 0.15) is 0 Å². The van der Waals surface area contributed by atoms with Crippen molar-refractivity contribution in [2.24, 2.45) is 0 Å². The van der Waals surface area contributed by atoms with E-state index >= 15 is 0 Å². The molecule has 0 aromatic heterocycles. The fraction of sp³-hybridized carbons (Fsp3) is 0.647. The molecule has 2 atom stereocenters. The van der Waals surface area contributed by atoms with Gasteiger partial charge in [0.25, 0.3) is 0 Å². The first-order chi connectivity index (χ1) is 9.56. The van der Waals surface area contributed by atoms with Crippen molar-refractivity contribution in [3.63, 3.8) is 0 Å². The van der Waals surface area contributed by atoms with Crippen LogP contribution in [0, 0.1) is 13.8 Å². The zero-order valence-electron chi connectivity index (χ0n) is 12.9. The monoisotopic (exact) mass is 277 g/mol. The molecule has 0 amide bonds. The molecule has 112 valence electrons. The molecule has 3 heteroatoms. The molecule has 0 spiro atoms. The summed E-state index contributed by atoms with van der Waals surface area (Å²) in [7, 11) is 2.06. The predicted octanol–water partition coefficient (Wildman–Crippen LogP) is 2.84. The molecule has 1 N–H and O–H groups in total. The lowest BCUT2D eigenvalue weighted by atomic mass is 10.0. The highest BCUT2D eigenvalue weighted by molar-refractivity contribution is 5.32. The van der Waals surface area contributed by atoms with Crippen LogP contribution in [0.3, 0.4) is 0 Å². The van der Waals surface area contributed by atoms with Gasteiger partial charge in [0.15, 0.2) is 0 Å². The molecule has 1 heterocycles. The van der Waals surface area contributed by atoms with Crippen LogP contribution in [0.4, 0.5) is 0 Å². The minimum atomic E-state index is -0.427. The molecular weight excluding hydrogens is 250 g/mol. The molecule has 0 radical (unpaired) electrons. The van der Waals surface area contributed by atoms with Crippen molar-refractivity contribution in [3.8, 4) is 0 Å². The van der Waals surface area contributed by atoms with Gasteiger partial charge in [0.2, 0.25) is 0 Å². The Labute approximate surface area is 122 Å². The Balaban J connectivity index is 1.89. The van der Waals surface area contributed by atoms with Crippen LogP contribution in [-0.2, 0) is 4.74 Å². The zero-order valence-corrected chi connectivity index (χ0v) is 12.9. The first-order valence-corrected chi connectivity index (χ1v) is 7.61. The summed E-state index contributed by atoms with van der Waals surface area (Å²) < 4.78 is 5.76. The number of aryl methyl sites for hydroxylation is 2. The summed E-state index contributed by atoms with van der Waals surface area (Å²) in [6.45, 7) is 6.57. The second-order valence-corrected chi connectivity index (χ2v) is 6.09. The topological polar surface area (TPSA) is 32.7 Å². The first-order valence-electron chi connectivity index (χ1n) is 7.61. The van der Waals surface area contributed by atoms with E-state index in [0.717, 1.165) is 30.7 Å². The number of benzene rings is 1. The molecule has 0 saturated carbocycles. The lowest BCUT2D eigenvalue weighted by Gasteiger charge is -2.29. The molecule has 0 aliphatic carbocycles. The molecule has 2 rings (SSSR count). The van der Waals surface area contributed by atoms with E-state index < -0.39 is 6.10 Å². The van der Waals surface area contributed by atoms with E-state index in [1.165, 1.54) is 18.4 Å². The summed E-state index contributed by atoms with van der Waals surface area (Å²) in [5, 5.41) is 10.4. The fourth-order valence-electron chi connectivity index (χ4n) is 2.89. The molecular formula is C17H27NO2. The van der Waals surface area contributed by atoms with Crippen LogP contribution in [0.2, 0.25) is 0 Å². The normalized spacial score (nSPS) is 21.1. The Morgan fingerprint density at radius 2 is 2.15 bits per heavy atom. The van der Waals surface area contributed by atoms with Crippen LogP contribution in [0.15, 0.2) is 18.2 Å². The van der Waals surface area contributed by atoms with Crippen molar-refractivity contribution < 1.29 is 9.84 Å². The third-order valence-electron chi connectivity index (χ3n) is 4.07. The van der Waals surface area contributed by atoms with Crippen LogP contribution in [0.5, 0.6) is 0 Å². The van der Waals surface area contributed by atoms with E-state index in [0.29, 0.717) is 12.6 Å². The van der Waals surface area contributed by atoms with Crippen LogP contribution >= 0.6 is 0 Å². The summed E-state index contributed by atoms with van der Waals surface area (Å²) in [5.74, 6) is 0. The Morgan fingerprint density at radius 1 is 1.35 bits per heavy atom. The standard InChI is InChI=1S/C17H27NO2/c1-13-7-8-14(2)16(10-13)17(19)12-18(3)11-15-6-4-5-9-20-15/h7-8,10,15,17,19H,4-6,9,11-12H2,1-3H3. The summed E-state index contributed by atoms with van der Waals surface area (Å²) >= 11 is 0. The van der Waals surface area contributed by atoms with E-state index in [-0.39, 0.29) is 0 Å². The SMILES string of the molecule is Cc1ccc(C)c(C(O)CN(C)CC2CCCCO2)c1. The third-order valence-corrected chi connectivity index (χ3v) is 4.07. The van der Waals surface area contributed by atoms with Gasteiger partial charge >= 0.3 is 0 Å². The van der Waals surface area contributed by atoms with Crippen molar-refractivity contribution in [1.29, 1.82) is 0 Å². The van der Waals surface area contributed by atoms with Crippen molar-refractivity contribution >= 4 is 0 Å². The molecule has 20 heavy (non-hydrogen) atoms. The zero-order chi connectivity index (χ0) is 14.5. The summed E-state index contributed by atoms with van der Waals surface area (Å²) in [5.41, 5.74) is 3.40. The van der Waals surface area contributed by atoms with E-state index in [4.69, 9.17) is 4.74 Å². The van der Waals surface area contributed by atoms with Crippen molar-refractivity contribution in [3.05, 3.63) is 34.9 Å². The molecule has 2 unspecified atom stereocenters. The Morgan fingerprint density at radius 3 is 2.85 bits per heavy atom. The highest BCUT2D eigenvalue weighted by atomic mass is 16.5. The Kier molecular flexibility index (Phi) is 5.58. The minimum absolute atomic E-state index is 0.333. The minimum Gasteiger partial charge on any atom is -0.387 e. The highest BCUT2D eigenvalue weighted by Crippen LogP contribution is 2.21. The highest BCUT2D eigenvalue weighted by Gasteiger charge is 2.18. The van der Waals surface area contributed by atoms with Crippen LogP contribution in [-0.4, -0.2) is 42.9 Å². The maximum atomic E-state index is 10.4. The second kappa shape index (κ2) is 7.21. The molecule has 1 saturated heterocycles. The summed E-state index contributed by atoms with van der Waals surface area (Å²) in [4.78, 5) is 2.18. The van der Waals surface area contributed by atoms with Gasteiger partial charge in [-0.2, -0.15) is 0 Å². The average molecular weight is 277 g/mol. The molecule has 0 bridgehead atoms. The Hall–Kier alpha value is -0.900. The van der Waals surface area contributed by atoms with Gasteiger partial charge in [-0.15, -0.1) is 0 Å². The van der Waals surface area contributed by atoms with Gasteiger partial charge in [-0.3, -0.25) is 0 Å². The van der Waals surface area contributed by atoms with Crippen molar-refractivity contribution in [2.45, 2.75) is 45.3 Å². The summed E-state index contributed by atoms with van der Waals surface area (Å²) in [6.07, 6.45) is 3.50. The van der Waals surface area contributed by atoms with Crippen molar-refractivity contribution in [2.75, 3.05) is 26.7 Å². The van der Waals surface area contributed by atoms with Gasteiger partial charge in [-0.05, 0) is 51.3 Å². The maximum Gasteiger partial charge on any atom is 0.0919 e. The molecule has 1 aliphatic heterocycles. The molecule has 1 aromatic carbocycles. The van der Waals surface area contributed by atoms with Gasteiger partial charge in [0, 0.05) is 19.7 Å². The predicted molar refractivity (Wildman–Crippen MR) is 82.0 cm³/mol. The number of likely N-dealkylation sites (N-methyl/N-ethyl adjacent to an activating group) is 1. The third kappa shape index (κ3) is 4.30. The van der Waals surface area contributed by atoms with E-state index in [1.54, 1.807) is 0 Å². The fourth-order valence-corrected chi connectivity index (χ4v) is 2.89. The van der Waals surface area contributed by atoms with E-state index in [1.807, 2.05) is 0 Å². The average Bonchev–Trinajstić information content (AvgIpc) is 2.42. The largest absolute Gasteiger partial charge is 0.387 e. The van der Waals surface area contributed by atoms with Crippen molar-refractivity contribution in [1.82, 2.24) is 4.90 Å². The number of rotatable bonds is 5. The number of hydrogen-bond donors (Lipinski definition) is 1. The maximum absolute atomic E-state index is 10.4. The van der Waals surface area contributed by atoms with E-state index in [2.05, 4.69) is 44.0 Å². The molecule has 1 aromatic rings. The number of aliphatic hydroxyl groups excluding tert-OH is 1.